The van der Waals surface area contributed by atoms with Gasteiger partial charge in [0.1, 0.15) is 0 Å². The van der Waals surface area contributed by atoms with Gasteiger partial charge in [0.15, 0.2) is 10.3 Å². The van der Waals surface area contributed by atoms with E-state index in [0.717, 1.165) is 26.6 Å². The van der Waals surface area contributed by atoms with Crippen molar-refractivity contribution in [3.05, 3.63) is 60.8 Å². The predicted molar refractivity (Wildman–Crippen MR) is 108 cm³/mol. The summed E-state index contributed by atoms with van der Waals surface area (Å²) in [5.41, 5.74) is 3.03. The lowest BCUT2D eigenvalue weighted by Gasteiger charge is -2.05. The number of hydrogen-bond acceptors (Lipinski definition) is 5. The van der Waals surface area contributed by atoms with Crippen LogP contribution in [-0.2, 0) is 11.8 Å². The molecule has 0 unspecified atom stereocenters. The number of hydrogen-bond donors (Lipinski definition) is 1. The van der Waals surface area contributed by atoms with Crippen molar-refractivity contribution in [2.45, 2.75) is 5.16 Å². The molecule has 2 aromatic heterocycles. The summed E-state index contributed by atoms with van der Waals surface area (Å²) >= 11 is 2.89. The highest BCUT2D eigenvalue weighted by Gasteiger charge is 2.12. The minimum Gasteiger partial charge on any atom is -0.322 e. The van der Waals surface area contributed by atoms with E-state index in [9.17, 15) is 4.79 Å². The number of para-hydroxylation sites is 1. The number of nitrogens with one attached hydrogen (secondary N) is 1. The summed E-state index contributed by atoms with van der Waals surface area (Å²) in [7, 11) is 1.96. The maximum atomic E-state index is 12.2. The van der Waals surface area contributed by atoms with Crippen LogP contribution in [0, 0.1) is 0 Å². The van der Waals surface area contributed by atoms with Crippen LogP contribution in [0.15, 0.2) is 66.0 Å². The van der Waals surface area contributed by atoms with Gasteiger partial charge in [-0.1, -0.05) is 65.6 Å². The highest BCUT2D eigenvalue weighted by molar-refractivity contribution is 7.99. The van der Waals surface area contributed by atoms with Crippen LogP contribution in [0.3, 0.4) is 0 Å². The molecular weight excluding hydrogens is 364 g/mol. The summed E-state index contributed by atoms with van der Waals surface area (Å²) in [6.07, 6.45) is 1.84. The van der Waals surface area contributed by atoms with E-state index in [1.54, 1.807) is 0 Å². The van der Waals surface area contributed by atoms with Gasteiger partial charge in [-0.2, -0.15) is 0 Å². The Balaban J connectivity index is 1.41. The number of thioether (sulfide) groups is 1. The van der Waals surface area contributed by atoms with E-state index in [-0.39, 0.29) is 11.7 Å². The first kappa shape index (κ1) is 16.8. The highest BCUT2D eigenvalue weighted by Crippen LogP contribution is 2.27. The summed E-state index contributed by atoms with van der Waals surface area (Å²) in [6, 6.07) is 17.9. The van der Waals surface area contributed by atoms with E-state index in [1.807, 2.05) is 72.4 Å². The summed E-state index contributed by atoms with van der Waals surface area (Å²) in [6.45, 7) is 0. The van der Waals surface area contributed by atoms with Crippen LogP contribution in [0.4, 0.5) is 5.13 Å². The molecule has 2 heterocycles. The molecule has 0 aliphatic heterocycles. The lowest BCUT2D eigenvalue weighted by molar-refractivity contribution is -0.113. The van der Waals surface area contributed by atoms with Crippen LogP contribution >= 0.6 is 23.1 Å². The second-order valence-electron chi connectivity index (χ2n) is 5.67. The van der Waals surface area contributed by atoms with Gasteiger partial charge < -0.3 is 9.88 Å². The normalized spacial score (nSPS) is 11.0. The molecule has 4 aromatic rings. The van der Waals surface area contributed by atoms with Crippen molar-refractivity contribution in [1.82, 2.24) is 14.5 Å². The van der Waals surface area contributed by atoms with Gasteiger partial charge in [-0.25, -0.2) is 9.97 Å². The van der Waals surface area contributed by atoms with Crippen molar-refractivity contribution in [3.8, 4) is 11.3 Å². The second kappa shape index (κ2) is 7.31. The first-order chi connectivity index (χ1) is 12.7. The minimum absolute atomic E-state index is 0.0849. The Morgan fingerprint density at radius 2 is 1.92 bits per heavy atom. The zero-order valence-electron chi connectivity index (χ0n) is 14.0. The fourth-order valence-corrected chi connectivity index (χ4v) is 4.25. The minimum atomic E-state index is -0.0849. The van der Waals surface area contributed by atoms with Gasteiger partial charge in [0.05, 0.1) is 27.9 Å². The molecule has 0 saturated carbocycles. The average Bonchev–Trinajstić information content (AvgIpc) is 3.23. The molecule has 0 aliphatic carbocycles. The molecule has 130 valence electrons. The molecule has 0 radical (unpaired) electrons. The maximum Gasteiger partial charge on any atom is 0.236 e. The summed E-state index contributed by atoms with van der Waals surface area (Å²) in [5, 5.41) is 4.31. The van der Waals surface area contributed by atoms with Crippen molar-refractivity contribution < 1.29 is 4.79 Å². The topological polar surface area (TPSA) is 59.8 Å². The summed E-state index contributed by atoms with van der Waals surface area (Å²) < 4.78 is 3.07. The largest absolute Gasteiger partial charge is 0.322 e. The number of amides is 1. The third kappa shape index (κ3) is 3.49. The Morgan fingerprint density at radius 1 is 1.15 bits per heavy atom. The van der Waals surface area contributed by atoms with Crippen molar-refractivity contribution in [2.75, 3.05) is 11.1 Å². The van der Waals surface area contributed by atoms with Gasteiger partial charge in [0.25, 0.3) is 0 Å². The number of rotatable bonds is 5. The monoisotopic (exact) mass is 380 g/mol. The molecular formula is C19H16N4OS2. The van der Waals surface area contributed by atoms with Crippen LogP contribution < -0.4 is 5.32 Å². The number of imidazole rings is 1. The van der Waals surface area contributed by atoms with Gasteiger partial charge in [0, 0.05) is 7.05 Å². The van der Waals surface area contributed by atoms with E-state index < -0.39 is 0 Å². The van der Waals surface area contributed by atoms with Gasteiger partial charge in [-0.05, 0) is 17.7 Å². The van der Waals surface area contributed by atoms with Crippen molar-refractivity contribution in [2.24, 2.45) is 7.05 Å². The third-order valence-corrected chi connectivity index (χ3v) is 5.88. The molecule has 26 heavy (non-hydrogen) atoms. The first-order valence-corrected chi connectivity index (χ1v) is 9.86. The molecule has 2 aromatic carbocycles. The van der Waals surface area contributed by atoms with Crippen LogP contribution in [0.1, 0.15) is 0 Å². The Kier molecular flexibility index (Phi) is 4.73. The molecule has 0 saturated heterocycles. The van der Waals surface area contributed by atoms with Gasteiger partial charge in [-0.15, -0.1) is 0 Å². The van der Waals surface area contributed by atoms with E-state index in [4.69, 9.17) is 0 Å². The zero-order chi connectivity index (χ0) is 17.9. The Morgan fingerprint density at radius 3 is 2.73 bits per heavy atom. The number of thiazole rings is 1. The number of aromatic nitrogens is 3. The van der Waals surface area contributed by atoms with Crippen LogP contribution in [0.25, 0.3) is 21.5 Å². The van der Waals surface area contributed by atoms with E-state index in [2.05, 4.69) is 15.3 Å². The van der Waals surface area contributed by atoms with E-state index in [0.29, 0.717) is 5.13 Å². The van der Waals surface area contributed by atoms with Gasteiger partial charge in [-0.3, -0.25) is 4.79 Å². The van der Waals surface area contributed by atoms with Crippen LogP contribution in [-0.4, -0.2) is 26.2 Å². The number of carbonyl (C=O) groups is 1. The van der Waals surface area contributed by atoms with E-state index in [1.165, 1.54) is 23.1 Å². The second-order valence-corrected chi connectivity index (χ2v) is 7.65. The molecule has 0 spiro atoms. The van der Waals surface area contributed by atoms with Crippen LogP contribution in [0.5, 0.6) is 0 Å². The smallest absolute Gasteiger partial charge is 0.236 e. The zero-order valence-corrected chi connectivity index (χ0v) is 15.7. The number of benzene rings is 2. The fourth-order valence-electron chi connectivity index (χ4n) is 2.61. The molecule has 5 nitrogen and oxygen atoms in total. The number of anilines is 1. The van der Waals surface area contributed by atoms with Crippen molar-refractivity contribution >= 4 is 44.4 Å². The first-order valence-electron chi connectivity index (χ1n) is 8.06. The molecule has 0 bridgehead atoms. The average molecular weight is 380 g/mol. The molecule has 0 atom stereocenters. The Bertz CT molecular complexity index is 1020. The summed E-state index contributed by atoms with van der Waals surface area (Å²) in [5.74, 6) is 0.202. The quantitative estimate of drug-likeness (QED) is 0.521. The number of nitrogens with zero attached hydrogens (tertiary/aromatic N) is 3. The van der Waals surface area contributed by atoms with Crippen molar-refractivity contribution in [1.29, 1.82) is 0 Å². The molecule has 4 rings (SSSR count). The van der Waals surface area contributed by atoms with Crippen molar-refractivity contribution in [3.63, 3.8) is 0 Å². The number of carbonyl (C=O) groups excluding carboxylic acids is 1. The number of fused-ring (bicyclic) bond motifs is 1. The van der Waals surface area contributed by atoms with Gasteiger partial charge >= 0.3 is 0 Å². The fraction of sp³-hybridized carbons (Fsp3) is 0.105. The highest BCUT2D eigenvalue weighted by atomic mass is 32.2. The molecule has 1 amide bonds. The Hall–Kier alpha value is -2.64. The van der Waals surface area contributed by atoms with Gasteiger partial charge in [0.2, 0.25) is 5.91 Å². The Labute approximate surface area is 159 Å². The SMILES string of the molecule is Cn1c(-c2ccccc2)cnc1SCC(=O)Nc1nc2ccccc2s1. The summed E-state index contributed by atoms with van der Waals surface area (Å²) in [4.78, 5) is 21.1. The van der Waals surface area contributed by atoms with E-state index >= 15 is 0 Å². The standard InChI is InChI=1S/C19H16N4OS2/c1-23-15(13-7-3-2-4-8-13)11-20-19(23)25-12-17(24)22-18-21-14-9-5-6-10-16(14)26-18/h2-11H,12H2,1H3,(H,21,22,24). The van der Waals surface area contributed by atoms with Crippen LogP contribution in [0.2, 0.25) is 0 Å². The lowest BCUT2D eigenvalue weighted by Crippen LogP contribution is -2.14. The third-order valence-electron chi connectivity index (χ3n) is 3.89. The molecule has 7 heteroatoms. The maximum absolute atomic E-state index is 12.2. The molecule has 0 fully saturated rings. The lowest BCUT2D eigenvalue weighted by atomic mass is 10.2. The predicted octanol–water partition coefficient (Wildman–Crippen LogP) is 4.43. The molecule has 1 N–H and O–H groups in total. The molecule has 0 aliphatic rings.